The van der Waals surface area contributed by atoms with Crippen molar-refractivity contribution in [3.63, 3.8) is 0 Å². The van der Waals surface area contributed by atoms with Crippen LogP contribution >= 0.6 is 0 Å². The predicted molar refractivity (Wildman–Crippen MR) is 95.8 cm³/mol. The van der Waals surface area contributed by atoms with E-state index in [0.29, 0.717) is 11.5 Å². The lowest BCUT2D eigenvalue weighted by Gasteiger charge is -2.21. The molecule has 0 aliphatic rings. The quantitative estimate of drug-likeness (QED) is 0.706. The van der Waals surface area contributed by atoms with E-state index in [0.717, 1.165) is 16.8 Å². The number of sulfonamides is 1. The smallest absolute Gasteiger partial charge is 0.274 e. The second-order valence-electron chi connectivity index (χ2n) is 6.47. The molecule has 0 aliphatic carbocycles. The van der Waals surface area contributed by atoms with Crippen LogP contribution in [0.2, 0.25) is 0 Å². The Balaban J connectivity index is 1.90. The van der Waals surface area contributed by atoms with E-state index in [1.54, 1.807) is 24.5 Å². The summed E-state index contributed by atoms with van der Waals surface area (Å²) in [7, 11) is -3.85. The lowest BCUT2D eigenvalue weighted by Crippen LogP contribution is -2.31. The average Bonchev–Trinajstić information content (AvgIpc) is 3.22. The number of nitrogens with one attached hydrogen (secondary N) is 1. The van der Waals surface area contributed by atoms with E-state index in [9.17, 15) is 8.42 Å². The SMILES string of the molecule is Cc1noc(-c2ccc(S(=O)(=O)NC(c3cccnc3)C(C)C)o2)c1C. The maximum Gasteiger partial charge on any atom is 0.274 e. The molecule has 138 valence electrons. The molecule has 7 nitrogen and oxygen atoms in total. The molecule has 3 aromatic heterocycles. The van der Waals surface area contributed by atoms with E-state index in [1.807, 2.05) is 33.8 Å². The highest BCUT2D eigenvalue weighted by molar-refractivity contribution is 7.89. The first kappa shape index (κ1) is 18.3. The van der Waals surface area contributed by atoms with Crippen molar-refractivity contribution in [3.05, 3.63) is 53.5 Å². The number of nitrogens with zero attached hydrogens (tertiary/aromatic N) is 2. The first-order valence-corrected chi connectivity index (χ1v) is 9.73. The van der Waals surface area contributed by atoms with Crippen LogP contribution in [-0.2, 0) is 10.0 Å². The van der Waals surface area contributed by atoms with E-state index in [1.165, 1.54) is 6.07 Å². The molecular formula is C18H21N3O4S. The van der Waals surface area contributed by atoms with Crippen molar-refractivity contribution in [1.82, 2.24) is 14.9 Å². The van der Waals surface area contributed by atoms with E-state index in [2.05, 4.69) is 14.9 Å². The van der Waals surface area contributed by atoms with Gasteiger partial charge in [-0.25, -0.2) is 13.1 Å². The average molecular weight is 375 g/mol. The zero-order chi connectivity index (χ0) is 18.9. The summed E-state index contributed by atoms with van der Waals surface area (Å²) in [5, 5.41) is 3.70. The van der Waals surface area contributed by atoms with Gasteiger partial charge in [0.05, 0.1) is 11.7 Å². The monoisotopic (exact) mass is 375 g/mol. The van der Waals surface area contributed by atoms with Crippen molar-refractivity contribution < 1.29 is 17.4 Å². The molecule has 3 rings (SSSR count). The zero-order valence-electron chi connectivity index (χ0n) is 15.1. The van der Waals surface area contributed by atoms with Gasteiger partial charge in [-0.3, -0.25) is 4.98 Å². The summed E-state index contributed by atoms with van der Waals surface area (Å²) in [4.78, 5) is 4.07. The topological polar surface area (TPSA) is 98.2 Å². The van der Waals surface area contributed by atoms with Gasteiger partial charge in [-0.2, -0.15) is 0 Å². The number of aromatic nitrogens is 2. The summed E-state index contributed by atoms with van der Waals surface area (Å²) in [6.07, 6.45) is 3.30. The lowest BCUT2D eigenvalue weighted by atomic mass is 9.99. The van der Waals surface area contributed by atoms with Crippen LogP contribution in [-0.4, -0.2) is 18.6 Å². The largest absolute Gasteiger partial charge is 0.440 e. The molecule has 1 unspecified atom stereocenters. The highest BCUT2D eigenvalue weighted by Crippen LogP contribution is 2.30. The summed E-state index contributed by atoms with van der Waals surface area (Å²) in [5.41, 5.74) is 2.33. The van der Waals surface area contributed by atoms with Crippen molar-refractivity contribution in [2.75, 3.05) is 0 Å². The molecule has 0 fully saturated rings. The maximum atomic E-state index is 12.8. The second kappa shape index (κ2) is 7.05. The van der Waals surface area contributed by atoms with Gasteiger partial charge in [0.2, 0.25) is 10.9 Å². The standard InChI is InChI=1S/C18H21N3O4S/c1-11(2)17(14-6-5-9-19-10-14)21-26(22,23)16-8-7-15(24-16)18-12(3)13(4)20-25-18/h5-11,17,21H,1-4H3. The third kappa shape index (κ3) is 3.56. The minimum Gasteiger partial charge on any atom is -0.440 e. The molecule has 0 aromatic carbocycles. The van der Waals surface area contributed by atoms with Gasteiger partial charge in [-0.15, -0.1) is 0 Å². The van der Waals surface area contributed by atoms with Gasteiger partial charge < -0.3 is 8.94 Å². The first-order valence-electron chi connectivity index (χ1n) is 8.25. The molecule has 0 saturated carbocycles. The van der Waals surface area contributed by atoms with Crippen LogP contribution in [0.25, 0.3) is 11.5 Å². The predicted octanol–water partition coefficient (Wildman–Crippen LogP) is 3.62. The second-order valence-corrected chi connectivity index (χ2v) is 8.12. The van der Waals surface area contributed by atoms with E-state index in [-0.39, 0.29) is 11.0 Å². The number of furan rings is 1. The van der Waals surface area contributed by atoms with Crippen LogP contribution in [0.15, 0.2) is 50.7 Å². The zero-order valence-corrected chi connectivity index (χ0v) is 15.9. The molecule has 3 aromatic rings. The number of pyridine rings is 1. The van der Waals surface area contributed by atoms with Crippen molar-refractivity contribution in [3.8, 4) is 11.5 Å². The summed E-state index contributed by atoms with van der Waals surface area (Å²) in [5.74, 6) is 0.783. The van der Waals surface area contributed by atoms with Crippen LogP contribution in [0.1, 0.15) is 36.7 Å². The minimum absolute atomic E-state index is 0.0302. The molecule has 1 N–H and O–H groups in total. The Hall–Kier alpha value is -2.45. The van der Waals surface area contributed by atoms with Crippen LogP contribution in [0, 0.1) is 19.8 Å². The highest BCUT2D eigenvalue weighted by atomic mass is 32.2. The Bertz CT molecular complexity index is 991. The summed E-state index contributed by atoms with van der Waals surface area (Å²) in [6.45, 7) is 7.53. The molecule has 8 heteroatoms. The molecule has 0 aliphatic heterocycles. The Labute approximate surface area is 152 Å². The number of hydrogen-bond donors (Lipinski definition) is 1. The summed E-state index contributed by atoms with van der Waals surface area (Å²) < 4.78 is 39.0. The highest BCUT2D eigenvalue weighted by Gasteiger charge is 2.27. The van der Waals surface area contributed by atoms with Crippen molar-refractivity contribution >= 4 is 10.0 Å². The first-order chi connectivity index (χ1) is 12.3. The van der Waals surface area contributed by atoms with Gasteiger partial charge in [0.1, 0.15) is 0 Å². The Morgan fingerprint density at radius 3 is 2.50 bits per heavy atom. The van der Waals surface area contributed by atoms with Crippen LogP contribution < -0.4 is 4.72 Å². The normalized spacial score (nSPS) is 13.3. The molecule has 1 atom stereocenters. The molecule has 0 spiro atoms. The van der Waals surface area contributed by atoms with E-state index >= 15 is 0 Å². The number of rotatable bonds is 6. The Morgan fingerprint density at radius 2 is 1.92 bits per heavy atom. The van der Waals surface area contributed by atoms with Gasteiger partial charge in [0.15, 0.2) is 5.76 Å². The van der Waals surface area contributed by atoms with Gasteiger partial charge in [-0.05, 0) is 43.5 Å². The third-order valence-corrected chi connectivity index (χ3v) is 5.53. The molecule has 0 bridgehead atoms. The molecule has 3 heterocycles. The van der Waals surface area contributed by atoms with Gasteiger partial charge in [0, 0.05) is 18.0 Å². The Morgan fingerprint density at radius 1 is 1.15 bits per heavy atom. The summed E-state index contributed by atoms with van der Waals surface area (Å²) >= 11 is 0. The van der Waals surface area contributed by atoms with Crippen molar-refractivity contribution in [1.29, 1.82) is 0 Å². The van der Waals surface area contributed by atoms with Gasteiger partial charge in [-0.1, -0.05) is 25.1 Å². The number of aryl methyl sites for hydroxylation is 1. The van der Waals surface area contributed by atoms with E-state index < -0.39 is 16.1 Å². The molecule has 0 radical (unpaired) electrons. The fourth-order valence-electron chi connectivity index (χ4n) is 2.61. The van der Waals surface area contributed by atoms with Crippen molar-refractivity contribution in [2.45, 2.75) is 38.8 Å². The van der Waals surface area contributed by atoms with Crippen LogP contribution in [0.5, 0.6) is 0 Å². The van der Waals surface area contributed by atoms with Crippen LogP contribution in [0.4, 0.5) is 0 Å². The summed E-state index contributed by atoms with van der Waals surface area (Å²) in [6, 6.07) is 6.18. The molecule has 0 amide bonds. The Kier molecular flexibility index (Phi) is 4.97. The van der Waals surface area contributed by atoms with Crippen LogP contribution in [0.3, 0.4) is 0 Å². The maximum absolute atomic E-state index is 12.8. The third-order valence-electron chi connectivity index (χ3n) is 4.22. The van der Waals surface area contributed by atoms with Gasteiger partial charge in [0.25, 0.3) is 10.0 Å². The number of hydrogen-bond acceptors (Lipinski definition) is 6. The molecule has 0 saturated heterocycles. The lowest BCUT2D eigenvalue weighted by molar-refractivity contribution is 0.393. The van der Waals surface area contributed by atoms with Gasteiger partial charge >= 0.3 is 0 Å². The fraction of sp³-hybridized carbons (Fsp3) is 0.333. The fourth-order valence-corrected chi connectivity index (χ4v) is 3.91. The molecule has 26 heavy (non-hydrogen) atoms. The van der Waals surface area contributed by atoms with E-state index in [4.69, 9.17) is 8.94 Å². The molecular weight excluding hydrogens is 354 g/mol. The minimum atomic E-state index is -3.85. The van der Waals surface area contributed by atoms with Crippen molar-refractivity contribution in [2.24, 2.45) is 5.92 Å².